The molecule has 1 aliphatic carbocycles. The second-order valence-corrected chi connectivity index (χ2v) is 10.2. The van der Waals surface area contributed by atoms with Crippen molar-refractivity contribution >= 4 is 16.7 Å². The fourth-order valence-electron chi connectivity index (χ4n) is 4.67. The van der Waals surface area contributed by atoms with Gasteiger partial charge in [0.15, 0.2) is 0 Å². The minimum absolute atomic E-state index is 0.185. The molecule has 2 atom stereocenters. The van der Waals surface area contributed by atoms with E-state index in [1.165, 1.54) is 23.4 Å². The number of carbonyl (C=O) groups excluding carboxylic acids is 1. The number of aliphatic hydroxyl groups excluding tert-OH is 1. The zero-order valence-electron chi connectivity index (χ0n) is 20.8. The van der Waals surface area contributed by atoms with Crippen LogP contribution in [0.25, 0.3) is 10.8 Å². The predicted octanol–water partition coefficient (Wildman–Crippen LogP) is 4.39. The van der Waals surface area contributed by atoms with Gasteiger partial charge in [-0.3, -0.25) is 4.79 Å². The first-order valence-electron chi connectivity index (χ1n) is 12.3. The van der Waals surface area contributed by atoms with Gasteiger partial charge in [0.25, 0.3) is 5.91 Å². The van der Waals surface area contributed by atoms with Crippen LogP contribution in [0.4, 0.5) is 0 Å². The maximum absolute atomic E-state index is 11.8. The maximum atomic E-state index is 11.8. The predicted molar refractivity (Wildman–Crippen MR) is 139 cm³/mol. The second kappa shape index (κ2) is 10.8. The molecule has 0 aliphatic heterocycles. The average Bonchev–Trinajstić information content (AvgIpc) is 3.67. The SMILES string of the molecule is COc1c(C(N)=O)cccc1C(OCC(O)CNC(C)(C)Cc1ccc2ccccc2c1)C1CC1. The number of hydrogen-bond acceptors (Lipinski definition) is 5. The van der Waals surface area contributed by atoms with Gasteiger partial charge in [0.2, 0.25) is 0 Å². The normalized spacial score (nSPS) is 15.7. The van der Waals surface area contributed by atoms with Gasteiger partial charge in [-0.25, -0.2) is 0 Å². The third kappa shape index (κ3) is 6.40. The molecule has 0 spiro atoms. The van der Waals surface area contributed by atoms with E-state index in [0.29, 0.717) is 23.8 Å². The van der Waals surface area contributed by atoms with Gasteiger partial charge < -0.3 is 25.6 Å². The van der Waals surface area contributed by atoms with Crippen LogP contribution in [0.2, 0.25) is 0 Å². The van der Waals surface area contributed by atoms with Gasteiger partial charge in [-0.05, 0) is 61.4 Å². The number of methoxy groups -OCH3 is 1. The Morgan fingerprint density at radius 2 is 1.86 bits per heavy atom. The highest BCUT2D eigenvalue weighted by molar-refractivity contribution is 5.96. The number of aliphatic hydroxyl groups is 1. The van der Waals surface area contributed by atoms with Crippen LogP contribution in [0.1, 0.15) is 54.3 Å². The highest BCUT2D eigenvalue weighted by Gasteiger charge is 2.36. The molecule has 3 aromatic carbocycles. The summed E-state index contributed by atoms with van der Waals surface area (Å²) >= 11 is 0. The Labute approximate surface area is 207 Å². The number of nitrogens with two attached hydrogens (primary N) is 1. The number of ether oxygens (including phenoxy) is 2. The Hall–Kier alpha value is -2.93. The monoisotopic (exact) mass is 476 g/mol. The molecule has 1 fully saturated rings. The Morgan fingerprint density at radius 3 is 2.54 bits per heavy atom. The van der Waals surface area contributed by atoms with Gasteiger partial charge >= 0.3 is 0 Å². The topological polar surface area (TPSA) is 93.8 Å². The summed E-state index contributed by atoms with van der Waals surface area (Å²) < 4.78 is 11.7. The average molecular weight is 477 g/mol. The van der Waals surface area contributed by atoms with E-state index in [9.17, 15) is 9.90 Å². The molecule has 186 valence electrons. The van der Waals surface area contributed by atoms with Crippen LogP contribution >= 0.6 is 0 Å². The van der Waals surface area contributed by atoms with Crippen molar-refractivity contribution < 1.29 is 19.4 Å². The van der Waals surface area contributed by atoms with E-state index in [4.69, 9.17) is 15.2 Å². The molecule has 3 aromatic rings. The largest absolute Gasteiger partial charge is 0.496 e. The lowest BCUT2D eigenvalue weighted by atomic mass is 9.93. The number of amides is 1. The van der Waals surface area contributed by atoms with E-state index in [1.54, 1.807) is 12.1 Å². The molecule has 6 heteroatoms. The summed E-state index contributed by atoms with van der Waals surface area (Å²) in [6.45, 7) is 4.88. The Bertz CT molecular complexity index is 1170. The van der Waals surface area contributed by atoms with Crippen LogP contribution < -0.4 is 15.8 Å². The number of nitrogens with one attached hydrogen (secondary N) is 1. The Morgan fingerprint density at radius 1 is 1.11 bits per heavy atom. The quantitative estimate of drug-likeness (QED) is 0.361. The molecule has 4 rings (SSSR count). The maximum Gasteiger partial charge on any atom is 0.252 e. The van der Waals surface area contributed by atoms with Crippen LogP contribution in [0, 0.1) is 5.92 Å². The summed E-state index contributed by atoms with van der Waals surface area (Å²) in [7, 11) is 1.53. The van der Waals surface area contributed by atoms with Crippen LogP contribution in [-0.4, -0.2) is 42.9 Å². The van der Waals surface area contributed by atoms with Gasteiger partial charge in [0, 0.05) is 17.6 Å². The van der Waals surface area contributed by atoms with E-state index in [0.717, 1.165) is 24.8 Å². The molecule has 2 unspecified atom stereocenters. The van der Waals surface area contributed by atoms with Gasteiger partial charge in [-0.2, -0.15) is 0 Å². The van der Waals surface area contributed by atoms with Crippen molar-refractivity contribution in [2.24, 2.45) is 11.7 Å². The van der Waals surface area contributed by atoms with Crippen molar-refractivity contribution in [1.82, 2.24) is 5.32 Å². The van der Waals surface area contributed by atoms with Gasteiger partial charge in [-0.1, -0.05) is 54.6 Å². The number of rotatable bonds is 12. The molecule has 0 aromatic heterocycles. The zero-order valence-corrected chi connectivity index (χ0v) is 20.8. The minimum Gasteiger partial charge on any atom is -0.496 e. The molecule has 35 heavy (non-hydrogen) atoms. The standard InChI is InChI=1S/C29H36N2O4/c1-29(2,16-19-11-12-20-7-4-5-8-22(20)15-19)31-17-23(32)18-35-26(21-13-14-21)24-9-6-10-25(28(30)33)27(24)34-3/h4-12,15,21,23,26,31-32H,13-14,16-18H2,1-3H3,(H2,30,33). The number of benzene rings is 3. The fourth-order valence-corrected chi connectivity index (χ4v) is 4.67. The summed E-state index contributed by atoms with van der Waals surface area (Å²) in [4.78, 5) is 11.8. The lowest BCUT2D eigenvalue weighted by Crippen LogP contribution is -2.46. The molecule has 6 nitrogen and oxygen atoms in total. The number of primary amides is 1. The second-order valence-electron chi connectivity index (χ2n) is 10.2. The summed E-state index contributed by atoms with van der Waals surface area (Å²) in [6, 6.07) is 20.3. The van der Waals surface area contributed by atoms with Crippen LogP contribution in [0.3, 0.4) is 0 Å². The van der Waals surface area contributed by atoms with Gasteiger partial charge in [0.1, 0.15) is 5.75 Å². The third-order valence-corrected chi connectivity index (χ3v) is 6.62. The zero-order chi connectivity index (χ0) is 25.0. The van der Waals surface area contributed by atoms with E-state index in [2.05, 4.69) is 61.6 Å². The molecule has 1 saturated carbocycles. The molecule has 1 aliphatic rings. The molecular formula is C29H36N2O4. The van der Waals surface area contributed by atoms with Gasteiger partial charge in [-0.15, -0.1) is 0 Å². The van der Waals surface area contributed by atoms with Gasteiger partial charge in [0.05, 0.1) is 31.5 Å². The fraction of sp³-hybridized carbons (Fsp3) is 0.414. The van der Waals surface area contributed by atoms with Crippen molar-refractivity contribution in [3.8, 4) is 5.75 Å². The number of β-amino-alcohol motifs (C(OH)–C–C–N with tert-alkyl or cyclic N) is 1. The number of hydrogen-bond donors (Lipinski definition) is 3. The first kappa shape index (κ1) is 25.2. The highest BCUT2D eigenvalue weighted by atomic mass is 16.5. The third-order valence-electron chi connectivity index (χ3n) is 6.62. The van der Waals surface area contributed by atoms with Crippen molar-refractivity contribution in [2.45, 2.75) is 50.9 Å². The first-order chi connectivity index (χ1) is 16.8. The highest BCUT2D eigenvalue weighted by Crippen LogP contribution is 2.46. The molecule has 4 N–H and O–H groups in total. The Kier molecular flexibility index (Phi) is 7.75. The van der Waals surface area contributed by atoms with Crippen LogP contribution in [-0.2, 0) is 11.2 Å². The van der Waals surface area contributed by atoms with E-state index in [-0.39, 0.29) is 18.2 Å². The minimum atomic E-state index is -0.669. The number of para-hydroxylation sites is 1. The van der Waals surface area contributed by atoms with Crippen molar-refractivity contribution in [3.05, 3.63) is 77.4 Å². The van der Waals surface area contributed by atoms with Crippen LogP contribution in [0.15, 0.2) is 60.7 Å². The number of fused-ring (bicyclic) bond motifs is 1. The number of carbonyl (C=O) groups is 1. The Balaban J connectivity index is 1.35. The first-order valence-corrected chi connectivity index (χ1v) is 12.3. The summed E-state index contributed by atoms with van der Waals surface area (Å²) in [5.74, 6) is 0.272. The van der Waals surface area contributed by atoms with E-state index >= 15 is 0 Å². The van der Waals surface area contributed by atoms with Crippen molar-refractivity contribution in [3.63, 3.8) is 0 Å². The molecule has 0 saturated heterocycles. The lowest BCUT2D eigenvalue weighted by molar-refractivity contribution is -0.0220. The molecule has 0 radical (unpaired) electrons. The van der Waals surface area contributed by atoms with E-state index in [1.807, 2.05) is 6.07 Å². The summed E-state index contributed by atoms with van der Waals surface area (Å²) in [5, 5.41) is 16.7. The summed E-state index contributed by atoms with van der Waals surface area (Å²) in [6.07, 6.45) is 2.01. The molecule has 0 heterocycles. The molecule has 0 bridgehead atoms. The summed E-state index contributed by atoms with van der Waals surface area (Å²) in [5.41, 5.74) is 7.74. The van der Waals surface area contributed by atoms with Crippen LogP contribution in [0.5, 0.6) is 5.75 Å². The molecule has 1 amide bonds. The van der Waals surface area contributed by atoms with E-state index < -0.39 is 12.0 Å². The molecular weight excluding hydrogens is 440 g/mol. The van der Waals surface area contributed by atoms with Crippen molar-refractivity contribution in [2.75, 3.05) is 20.3 Å². The van der Waals surface area contributed by atoms with Crippen molar-refractivity contribution in [1.29, 1.82) is 0 Å². The lowest BCUT2D eigenvalue weighted by Gasteiger charge is -2.29. The smallest absolute Gasteiger partial charge is 0.252 e.